The Morgan fingerprint density at radius 2 is 1.71 bits per heavy atom. The minimum atomic E-state index is -4.86. The first-order valence-electron chi connectivity index (χ1n) is 3.23. The van der Waals surface area contributed by atoms with Gasteiger partial charge in [0, 0.05) is 6.07 Å². The number of benzene rings is 1. The SMILES string of the molecule is Oc1cc(OC(F)(F)F)c(Cl)cc1Cl. The minimum absolute atomic E-state index is 0.149. The van der Waals surface area contributed by atoms with Gasteiger partial charge in [-0.25, -0.2) is 0 Å². The predicted octanol–water partition coefficient (Wildman–Crippen LogP) is 3.60. The highest BCUT2D eigenvalue weighted by molar-refractivity contribution is 6.36. The van der Waals surface area contributed by atoms with E-state index >= 15 is 0 Å². The van der Waals surface area contributed by atoms with Crippen molar-refractivity contribution in [3.8, 4) is 11.5 Å². The van der Waals surface area contributed by atoms with E-state index in [0.29, 0.717) is 6.07 Å². The van der Waals surface area contributed by atoms with Gasteiger partial charge in [0.15, 0.2) is 5.75 Å². The van der Waals surface area contributed by atoms with Gasteiger partial charge in [-0.15, -0.1) is 13.2 Å². The summed E-state index contributed by atoms with van der Waals surface area (Å²) in [6.45, 7) is 0. The third-order valence-electron chi connectivity index (χ3n) is 1.23. The lowest BCUT2D eigenvalue weighted by molar-refractivity contribution is -0.274. The van der Waals surface area contributed by atoms with Gasteiger partial charge in [0.05, 0.1) is 10.0 Å². The molecule has 0 amide bonds. The Bertz CT molecular complexity index is 352. The van der Waals surface area contributed by atoms with Crippen molar-refractivity contribution in [2.24, 2.45) is 0 Å². The molecule has 1 N–H and O–H groups in total. The summed E-state index contributed by atoms with van der Waals surface area (Å²) in [5, 5.41) is 8.51. The maximum absolute atomic E-state index is 11.8. The molecule has 0 bridgehead atoms. The number of halogens is 5. The van der Waals surface area contributed by atoms with E-state index in [1.807, 2.05) is 0 Å². The monoisotopic (exact) mass is 246 g/mol. The van der Waals surface area contributed by atoms with Crippen LogP contribution in [0.1, 0.15) is 0 Å². The van der Waals surface area contributed by atoms with Crippen LogP contribution in [0, 0.1) is 0 Å². The van der Waals surface area contributed by atoms with Crippen LogP contribution >= 0.6 is 23.2 Å². The van der Waals surface area contributed by atoms with Crippen LogP contribution in [0.5, 0.6) is 11.5 Å². The van der Waals surface area contributed by atoms with Gasteiger partial charge in [-0.05, 0) is 6.07 Å². The van der Waals surface area contributed by atoms with Crippen LogP contribution in [0.4, 0.5) is 13.2 Å². The van der Waals surface area contributed by atoms with E-state index in [1.165, 1.54) is 0 Å². The molecule has 0 heterocycles. The van der Waals surface area contributed by atoms with Crippen molar-refractivity contribution in [2.45, 2.75) is 6.36 Å². The van der Waals surface area contributed by atoms with E-state index < -0.39 is 17.9 Å². The highest BCUT2D eigenvalue weighted by Crippen LogP contribution is 2.37. The Morgan fingerprint density at radius 3 is 2.21 bits per heavy atom. The number of hydrogen-bond donors (Lipinski definition) is 1. The van der Waals surface area contributed by atoms with Gasteiger partial charge in [0.2, 0.25) is 0 Å². The Morgan fingerprint density at radius 1 is 1.14 bits per heavy atom. The average Bonchev–Trinajstić information content (AvgIpc) is 1.97. The van der Waals surface area contributed by atoms with Crippen LogP contribution in [0.3, 0.4) is 0 Å². The molecule has 1 rings (SSSR count). The molecule has 0 atom stereocenters. The van der Waals surface area contributed by atoms with E-state index in [2.05, 4.69) is 4.74 Å². The number of phenols is 1. The molecular weight excluding hydrogens is 244 g/mol. The second-order valence-corrected chi connectivity index (χ2v) is 3.10. The highest BCUT2D eigenvalue weighted by Gasteiger charge is 2.32. The molecule has 0 aliphatic heterocycles. The summed E-state index contributed by atoms with van der Waals surface area (Å²) in [5.74, 6) is -1.23. The fraction of sp³-hybridized carbons (Fsp3) is 0.143. The largest absolute Gasteiger partial charge is 0.573 e. The Hall–Kier alpha value is -0.810. The van der Waals surface area contributed by atoms with Gasteiger partial charge < -0.3 is 9.84 Å². The van der Waals surface area contributed by atoms with Crippen LogP contribution in [0.2, 0.25) is 10.0 Å². The molecular formula is C7H3Cl2F3O2. The zero-order valence-electron chi connectivity index (χ0n) is 6.40. The summed E-state index contributed by atoms with van der Waals surface area (Å²) in [7, 11) is 0. The van der Waals surface area contributed by atoms with Crippen molar-refractivity contribution in [2.75, 3.05) is 0 Å². The molecule has 0 saturated carbocycles. The van der Waals surface area contributed by atoms with Crippen LogP contribution in [-0.2, 0) is 0 Å². The van der Waals surface area contributed by atoms with E-state index in [0.717, 1.165) is 6.07 Å². The first-order chi connectivity index (χ1) is 6.29. The highest BCUT2D eigenvalue weighted by atomic mass is 35.5. The molecule has 0 aliphatic carbocycles. The second-order valence-electron chi connectivity index (χ2n) is 2.28. The van der Waals surface area contributed by atoms with Gasteiger partial charge in [-0.2, -0.15) is 0 Å². The Balaban J connectivity index is 3.04. The zero-order chi connectivity index (χ0) is 10.9. The summed E-state index contributed by atoms with van der Waals surface area (Å²) in [5.41, 5.74) is 0. The van der Waals surface area contributed by atoms with Gasteiger partial charge in [-0.1, -0.05) is 23.2 Å². The molecule has 0 unspecified atom stereocenters. The van der Waals surface area contributed by atoms with Crippen LogP contribution in [0.15, 0.2) is 12.1 Å². The number of ether oxygens (including phenoxy) is 1. The lowest BCUT2D eigenvalue weighted by atomic mass is 10.3. The van der Waals surface area contributed by atoms with Crippen molar-refractivity contribution >= 4 is 23.2 Å². The van der Waals surface area contributed by atoms with Gasteiger partial charge in [0.25, 0.3) is 0 Å². The van der Waals surface area contributed by atoms with E-state index in [4.69, 9.17) is 28.3 Å². The maximum atomic E-state index is 11.8. The summed E-state index contributed by atoms with van der Waals surface area (Å²) in [4.78, 5) is 0. The summed E-state index contributed by atoms with van der Waals surface area (Å²) in [6, 6.07) is 1.65. The Kier molecular flexibility index (Phi) is 3.01. The molecule has 0 radical (unpaired) electrons. The van der Waals surface area contributed by atoms with E-state index in [9.17, 15) is 13.2 Å². The Labute approximate surface area is 86.8 Å². The number of rotatable bonds is 1. The standard InChI is InChI=1S/C7H3Cl2F3O2/c8-3-1-4(9)6(2-5(3)13)14-7(10,11)12/h1-2,13H. The average molecular weight is 247 g/mol. The maximum Gasteiger partial charge on any atom is 0.573 e. The lowest BCUT2D eigenvalue weighted by Crippen LogP contribution is -2.17. The molecule has 0 spiro atoms. The zero-order valence-corrected chi connectivity index (χ0v) is 7.91. The normalized spacial score (nSPS) is 11.5. The minimum Gasteiger partial charge on any atom is -0.506 e. The molecule has 1 aromatic carbocycles. The smallest absolute Gasteiger partial charge is 0.506 e. The van der Waals surface area contributed by atoms with Crippen molar-refractivity contribution in [3.63, 3.8) is 0 Å². The molecule has 0 aromatic heterocycles. The molecule has 1 aromatic rings. The van der Waals surface area contributed by atoms with Crippen molar-refractivity contribution < 1.29 is 23.0 Å². The topological polar surface area (TPSA) is 29.5 Å². The van der Waals surface area contributed by atoms with Gasteiger partial charge >= 0.3 is 6.36 Å². The van der Waals surface area contributed by atoms with Crippen LogP contribution < -0.4 is 4.74 Å². The number of aromatic hydroxyl groups is 1. The molecule has 0 aliphatic rings. The van der Waals surface area contributed by atoms with E-state index in [-0.39, 0.29) is 10.0 Å². The number of alkyl halides is 3. The van der Waals surface area contributed by atoms with Crippen molar-refractivity contribution in [1.82, 2.24) is 0 Å². The summed E-state index contributed by atoms with van der Waals surface area (Å²) in [6.07, 6.45) is -4.86. The molecule has 78 valence electrons. The van der Waals surface area contributed by atoms with Crippen molar-refractivity contribution in [1.29, 1.82) is 0 Å². The third kappa shape index (κ3) is 2.85. The summed E-state index contributed by atoms with van der Waals surface area (Å²) >= 11 is 10.8. The molecule has 0 fully saturated rings. The number of phenolic OH excluding ortho intramolecular Hbond substituents is 1. The first-order valence-corrected chi connectivity index (χ1v) is 3.99. The quantitative estimate of drug-likeness (QED) is 0.821. The molecule has 2 nitrogen and oxygen atoms in total. The summed E-state index contributed by atoms with van der Waals surface area (Å²) < 4.78 is 38.8. The van der Waals surface area contributed by atoms with Crippen LogP contribution in [0.25, 0.3) is 0 Å². The fourth-order valence-corrected chi connectivity index (χ4v) is 1.14. The number of hydrogen-bond acceptors (Lipinski definition) is 2. The first kappa shape index (κ1) is 11.3. The van der Waals surface area contributed by atoms with Gasteiger partial charge in [0.1, 0.15) is 5.75 Å². The molecule has 0 saturated heterocycles. The van der Waals surface area contributed by atoms with E-state index in [1.54, 1.807) is 0 Å². The van der Waals surface area contributed by atoms with Gasteiger partial charge in [-0.3, -0.25) is 0 Å². The fourth-order valence-electron chi connectivity index (χ4n) is 0.721. The van der Waals surface area contributed by atoms with Crippen LogP contribution in [-0.4, -0.2) is 11.5 Å². The molecule has 7 heteroatoms. The van der Waals surface area contributed by atoms with Crippen molar-refractivity contribution in [3.05, 3.63) is 22.2 Å². The lowest BCUT2D eigenvalue weighted by Gasteiger charge is -2.10. The predicted molar refractivity (Wildman–Crippen MR) is 44.8 cm³/mol. The third-order valence-corrected chi connectivity index (χ3v) is 1.83. The second kappa shape index (κ2) is 3.74. The molecule has 14 heavy (non-hydrogen) atoms.